The van der Waals surface area contributed by atoms with E-state index in [1.54, 1.807) is 30.3 Å². The van der Waals surface area contributed by atoms with Crippen molar-refractivity contribution < 1.29 is 14.0 Å². The highest BCUT2D eigenvalue weighted by molar-refractivity contribution is 6.31. The number of fused-ring (bicyclic) bond motifs is 1. The molecule has 1 aliphatic heterocycles. The van der Waals surface area contributed by atoms with Crippen LogP contribution in [-0.4, -0.2) is 11.7 Å². The van der Waals surface area contributed by atoms with Crippen LogP contribution in [0.5, 0.6) is 0 Å². The Balaban J connectivity index is 2.04. The first-order valence-electron chi connectivity index (χ1n) is 5.35. The fraction of sp³-hybridized carbons (Fsp3) is 0.0769. The van der Waals surface area contributed by atoms with Crippen molar-refractivity contribution in [1.82, 2.24) is 0 Å². The van der Waals surface area contributed by atoms with E-state index in [0.717, 1.165) is 0 Å². The van der Waals surface area contributed by atoms with Gasteiger partial charge in [-0.3, -0.25) is 9.59 Å². The average Bonchev–Trinajstić information content (AvgIpc) is 2.94. The molecule has 1 aromatic heterocycles. The van der Waals surface area contributed by atoms with E-state index in [4.69, 9.17) is 16.0 Å². The maximum atomic E-state index is 12.2. The number of Topliss-reactive ketones (excluding diaryl/α,β-unsaturated/α-hetero) is 1. The minimum absolute atomic E-state index is 0.179. The first-order valence-corrected chi connectivity index (χ1v) is 5.72. The normalized spacial score (nSPS) is 17.4. The van der Waals surface area contributed by atoms with Gasteiger partial charge in [0.1, 0.15) is 5.92 Å². The Morgan fingerprint density at radius 2 is 2.17 bits per heavy atom. The minimum atomic E-state index is -0.858. The summed E-state index contributed by atoms with van der Waals surface area (Å²) in [5.74, 6) is -1.38. The van der Waals surface area contributed by atoms with Gasteiger partial charge in [-0.2, -0.15) is 0 Å². The van der Waals surface area contributed by atoms with Crippen LogP contribution in [0.3, 0.4) is 0 Å². The second-order valence-corrected chi connectivity index (χ2v) is 4.43. The highest BCUT2D eigenvalue weighted by Crippen LogP contribution is 2.36. The lowest BCUT2D eigenvalue weighted by Crippen LogP contribution is -2.20. The largest absolute Gasteiger partial charge is 0.461 e. The van der Waals surface area contributed by atoms with E-state index in [1.807, 2.05) is 0 Å². The molecular weight excluding hydrogens is 254 g/mol. The van der Waals surface area contributed by atoms with Crippen LogP contribution in [0.4, 0.5) is 5.69 Å². The molecule has 3 rings (SSSR count). The Kier molecular flexibility index (Phi) is 2.45. The maximum absolute atomic E-state index is 12.2. The second-order valence-electron chi connectivity index (χ2n) is 4.00. The van der Waals surface area contributed by atoms with E-state index >= 15 is 0 Å². The molecular formula is C13H8ClNO3. The fourth-order valence-corrected chi connectivity index (χ4v) is 2.23. The Morgan fingerprint density at radius 3 is 2.89 bits per heavy atom. The van der Waals surface area contributed by atoms with Gasteiger partial charge < -0.3 is 9.73 Å². The lowest BCUT2D eigenvalue weighted by atomic mass is 9.95. The van der Waals surface area contributed by atoms with Crippen molar-refractivity contribution in [2.75, 3.05) is 5.32 Å². The zero-order valence-electron chi connectivity index (χ0n) is 9.14. The standard InChI is InChI=1S/C13H8ClNO3/c14-7-3-4-8-9(6-7)15-13(17)11(8)12(16)10-2-1-5-18-10/h1-6,11H,(H,15,17). The van der Waals surface area contributed by atoms with Crippen molar-refractivity contribution >= 4 is 29.0 Å². The molecule has 2 aromatic rings. The number of hydrogen-bond acceptors (Lipinski definition) is 3. The van der Waals surface area contributed by atoms with E-state index in [1.165, 1.54) is 6.26 Å². The van der Waals surface area contributed by atoms with Gasteiger partial charge in [0.25, 0.3) is 0 Å². The summed E-state index contributed by atoms with van der Waals surface area (Å²) < 4.78 is 5.04. The summed E-state index contributed by atoms with van der Waals surface area (Å²) >= 11 is 5.84. The number of nitrogens with one attached hydrogen (secondary N) is 1. The number of benzene rings is 1. The van der Waals surface area contributed by atoms with Crippen molar-refractivity contribution in [2.24, 2.45) is 0 Å². The third kappa shape index (κ3) is 1.62. The molecule has 1 aliphatic rings. The van der Waals surface area contributed by atoms with Gasteiger partial charge in [0, 0.05) is 10.7 Å². The van der Waals surface area contributed by atoms with Crippen molar-refractivity contribution in [2.45, 2.75) is 5.92 Å². The molecule has 0 saturated heterocycles. The molecule has 1 amide bonds. The lowest BCUT2D eigenvalue weighted by Gasteiger charge is -2.05. The Hall–Kier alpha value is -2.07. The van der Waals surface area contributed by atoms with Crippen molar-refractivity contribution in [3.8, 4) is 0 Å². The first kappa shape index (κ1) is 11.0. The highest BCUT2D eigenvalue weighted by atomic mass is 35.5. The topological polar surface area (TPSA) is 59.3 Å². The third-order valence-electron chi connectivity index (χ3n) is 2.87. The van der Waals surface area contributed by atoms with Gasteiger partial charge in [0.15, 0.2) is 5.76 Å². The van der Waals surface area contributed by atoms with E-state index in [9.17, 15) is 9.59 Å². The van der Waals surface area contributed by atoms with Crippen molar-refractivity contribution in [3.05, 3.63) is 52.9 Å². The van der Waals surface area contributed by atoms with Gasteiger partial charge in [-0.15, -0.1) is 0 Å². The van der Waals surface area contributed by atoms with E-state index in [2.05, 4.69) is 5.32 Å². The van der Waals surface area contributed by atoms with Gasteiger partial charge >= 0.3 is 0 Å². The fourth-order valence-electron chi connectivity index (χ4n) is 2.06. The molecule has 4 nitrogen and oxygen atoms in total. The number of furan rings is 1. The lowest BCUT2D eigenvalue weighted by molar-refractivity contribution is -0.116. The molecule has 18 heavy (non-hydrogen) atoms. The predicted molar refractivity (Wildman–Crippen MR) is 65.9 cm³/mol. The van der Waals surface area contributed by atoms with Gasteiger partial charge in [0.05, 0.1) is 6.26 Å². The molecule has 90 valence electrons. The van der Waals surface area contributed by atoms with Crippen molar-refractivity contribution in [3.63, 3.8) is 0 Å². The third-order valence-corrected chi connectivity index (χ3v) is 3.11. The molecule has 0 spiro atoms. The predicted octanol–water partition coefficient (Wildman–Crippen LogP) is 2.85. The monoisotopic (exact) mass is 261 g/mol. The van der Waals surface area contributed by atoms with Crippen LogP contribution < -0.4 is 5.32 Å². The van der Waals surface area contributed by atoms with Crippen LogP contribution in [0, 0.1) is 0 Å². The quantitative estimate of drug-likeness (QED) is 0.668. The maximum Gasteiger partial charge on any atom is 0.240 e. The molecule has 0 fully saturated rings. The van der Waals surface area contributed by atoms with Crippen LogP contribution in [0.25, 0.3) is 0 Å². The van der Waals surface area contributed by atoms with E-state index in [-0.39, 0.29) is 17.5 Å². The number of carbonyl (C=O) groups is 2. The summed E-state index contributed by atoms with van der Waals surface area (Å²) in [6.45, 7) is 0. The highest BCUT2D eigenvalue weighted by Gasteiger charge is 2.37. The Bertz CT molecular complexity index is 634. The SMILES string of the molecule is O=C1Nc2cc(Cl)ccc2C1C(=O)c1ccco1. The molecule has 1 unspecified atom stereocenters. The van der Waals surface area contributed by atoms with Crippen LogP contribution in [0.15, 0.2) is 41.0 Å². The summed E-state index contributed by atoms with van der Waals surface area (Å²) in [5, 5.41) is 3.16. The Morgan fingerprint density at radius 1 is 1.33 bits per heavy atom. The summed E-state index contributed by atoms with van der Waals surface area (Å²) in [5.41, 5.74) is 1.21. The van der Waals surface area contributed by atoms with Gasteiger partial charge in [-0.1, -0.05) is 17.7 Å². The van der Waals surface area contributed by atoms with Crippen LogP contribution >= 0.6 is 11.6 Å². The second kappa shape index (κ2) is 3.99. The molecule has 1 N–H and O–H groups in total. The number of carbonyl (C=O) groups excluding carboxylic acids is 2. The number of anilines is 1. The summed E-state index contributed by atoms with van der Waals surface area (Å²) in [6, 6.07) is 8.13. The number of hydrogen-bond donors (Lipinski definition) is 1. The number of ketones is 1. The smallest absolute Gasteiger partial charge is 0.240 e. The van der Waals surface area contributed by atoms with Crippen LogP contribution in [-0.2, 0) is 4.79 Å². The zero-order chi connectivity index (χ0) is 12.7. The average molecular weight is 262 g/mol. The summed E-state index contributed by atoms with van der Waals surface area (Å²) in [7, 11) is 0. The molecule has 1 atom stereocenters. The number of rotatable bonds is 2. The summed E-state index contributed by atoms with van der Waals surface area (Å²) in [4.78, 5) is 24.0. The minimum Gasteiger partial charge on any atom is -0.461 e. The van der Waals surface area contributed by atoms with Gasteiger partial charge in [0.2, 0.25) is 11.7 Å². The van der Waals surface area contributed by atoms with E-state index in [0.29, 0.717) is 16.3 Å². The first-order chi connectivity index (χ1) is 8.66. The van der Waals surface area contributed by atoms with Crippen molar-refractivity contribution in [1.29, 1.82) is 0 Å². The van der Waals surface area contributed by atoms with Gasteiger partial charge in [-0.25, -0.2) is 0 Å². The zero-order valence-corrected chi connectivity index (χ0v) is 9.90. The number of halogens is 1. The molecule has 0 saturated carbocycles. The van der Waals surface area contributed by atoms with Gasteiger partial charge in [-0.05, 0) is 29.8 Å². The Labute approximate surface area is 108 Å². The van der Waals surface area contributed by atoms with E-state index < -0.39 is 5.92 Å². The molecule has 0 bridgehead atoms. The molecule has 0 radical (unpaired) electrons. The number of amides is 1. The van der Waals surface area contributed by atoms with Crippen LogP contribution in [0.1, 0.15) is 22.0 Å². The molecule has 5 heteroatoms. The molecule has 2 heterocycles. The summed E-state index contributed by atoms with van der Waals surface area (Å²) in [6.07, 6.45) is 1.41. The van der Waals surface area contributed by atoms with Crippen LogP contribution in [0.2, 0.25) is 5.02 Å². The molecule has 0 aliphatic carbocycles. The molecule has 1 aromatic carbocycles.